The Balaban J connectivity index is 2.29. The van der Waals surface area contributed by atoms with Gasteiger partial charge in [0.05, 0.1) is 17.9 Å². The van der Waals surface area contributed by atoms with Gasteiger partial charge in [0.2, 0.25) is 0 Å². The zero-order chi connectivity index (χ0) is 13.1. The summed E-state index contributed by atoms with van der Waals surface area (Å²) in [6.07, 6.45) is 3.32. The molecule has 2 aromatic heterocycles. The van der Waals surface area contributed by atoms with E-state index >= 15 is 0 Å². The van der Waals surface area contributed by atoms with Gasteiger partial charge in [0.1, 0.15) is 0 Å². The minimum absolute atomic E-state index is 0.0350. The fourth-order valence-corrected chi connectivity index (χ4v) is 1.81. The number of aromatic nitrogens is 5. The van der Waals surface area contributed by atoms with E-state index in [-0.39, 0.29) is 5.69 Å². The number of carbonyl (C=O) groups is 1. The number of carboxylic acid groups (broad SMARTS) is 1. The van der Waals surface area contributed by atoms with Crippen LogP contribution in [0.4, 0.5) is 0 Å². The number of rotatable bonds is 5. The maximum atomic E-state index is 11.0. The summed E-state index contributed by atoms with van der Waals surface area (Å²) in [4.78, 5) is 11.0. The van der Waals surface area contributed by atoms with Gasteiger partial charge in [-0.3, -0.25) is 4.68 Å². The molecule has 0 amide bonds. The molecule has 0 radical (unpaired) electrons. The van der Waals surface area contributed by atoms with Crippen molar-refractivity contribution in [3.63, 3.8) is 0 Å². The summed E-state index contributed by atoms with van der Waals surface area (Å²) < 4.78 is 3.30. The van der Waals surface area contributed by atoms with Crippen molar-refractivity contribution in [2.75, 3.05) is 0 Å². The zero-order valence-corrected chi connectivity index (χ0v) is 10.4. The number of hydrogen-bond acceptors (Lipinski definition) is 4. The molecule has 0 aliphatic rings. The van der Waals surface area contributed by atoms with Crippen molar-refractivity contribution in [2.45, 2.75) is 26.3 Å². The molecule has 0 fully saturated rings. The Bertz CT molecular complexity index is 558. The van der Waals surface area contributed by atoms with E-state index in [9.17, 15) is 4.79 Å². The van der Waals surface area contributed by atoms with Crippen LogP contribution in [0.15, 0.2) is 12.3 Å². The molecule has 0 aliphatic carbocycles. The third-order valence-electron chi connectivity index (χ3n) is 2.61. The number of hydrogen-bond donors (Lipinski definition) is 1. The van der Waals surface area contributed by atoms with Crippen LogP contribution in [0.1, 0.15) is 35.2 Å². The zero-order valence-electron chi connectivity index (χ0n) is 10.4. The first-order valence-electron chi connectivity index (χ1n) is 5.76. The number of aromatic carboxylic acids is 1. The maximum Gasteiger partial charge on any atom is 0.358 e. The lowest BCUT2D eigenvalue weighted by molar-refractivity contribution is 0.0689. The lowest BCUT2D eigenvalue weighted by Gasteiger charge is -2.03. The lowest BCUT2D eigenvalue weighted by atomic mass is 10.2. The maximum absolute atomic E-state index is 11.0. The predicted molar refractivity (Wildman–Crippen MR) is 63.3 cm³/mol. The first kappa shape index (κ1) is 12.3. The molecule has 0 saturated carbocycles. The predicted octanol–water partition coefficient (Wildman–Crippen LogP) is 0.711. The van der Waals surface area contributed by atoms with Crippen molar-refractivity contribution >= 4 is 5.97 Å². The van der Waals surface area contributed by atoms with E-state index in [1.54, 1.807) is 9.36 Å². The number of nitrogens with zero attached hydrogens (tertiary/aromatic N) is 5. The lowest BCUT2D eigenvalue weighted by Crippen LogP contribution is -2.10. The minimum atomic E-state index is -1.04. The van der Waals surface area contributed by atoms with Gasteiger partial charge in [-0.05, 0) is 12.5 Å². The Labute approximate surface area is 104 Å². The highest BCUT2D eigenvalue weighted by molar-refractivity contribution is 5.86. The van der Waals surface area contributed by atoms with E-state index in [2.05, 4.69) is 15.4 Å². The third kappa shape index (κ3) is 2.39. The molecule has 0 spiro atoms. The average Bonchev–Trinajstić information content (AvgIpc) is 2.88. The molecule has 2 aromatic rings. The van der Waals surface area contributed by atoms with Crippen LogP contribution in [0, 0.1) is 0 Å². The monoisotopic (exact) mass is 249 g/mol. The van der Waals surface area contributed by atoms with Crippen molar-refractivity contribution in [1.29, 1.82) is 0 Å². The molecule has 18 heavy (non-hydrogen) atoms. The van der Waals surface area contributed by atoms with Gasteiger partial charge in [0.15, 0.2) is 5.69 Å². The molecular weight excluding hydrogens is 234 g/mol. The molecule has 0 saturated heterocycles. The standard InChI is InChI=1S/C11H15N5O2/c1-3-4-9-10(11(17)18)12-14-16(9)7-8-5-6-15(2)13-8/h5-6H,3-4,7H2,1-2H3,(H,17,18). The average molecular weight is 249 g/mol. The second kappa shape index (κ2) is 4.99. The Morgan fingerprint density at radius 3 is 2.83 bits per heavy atom. The summed E-state index contributed by atoms with van der Waals surface area (Å²) in [5, 5.41) is 20.9. The van der Waals surface area contributed by atoms with Crippen molar-refractivity contribution in [3.8, 4) is 0 Å². The van der Waals surface area contributed by atoms with Crippen molar-refractivity contribution in [2.24, 2.45) is 7.05 Å². The molecule has 96 valence electrons. The molecule has 7 heteroatoms. The summed E-state index contributed by atoms with van der Waals surface area (Å²) in [5.41, 5.74) is 1.51. The molecule has 0 atom stereocenters. The fraction of sp³-hybridized carbons (Fsp3) is 0.455. The summed E-state index contributed by atoms with van der Waals surface area (Å²) in [6, 6.07) is 1.87. The first-order valence-corrected chi connectivity index (χ1v) is 5.76. The van der Waals surface area contributed by atoms with Gasteiger partial charge in [0, 0.05) is 13.2 Å². The highest BCUT2D eigenvalue weighted by atomic mass is 16.4. The largest absolute Gasteiger partial charge is 0.476 e. The van der Waals surface area contributed by atoms with Gasteiger partial charge in [-0.25, -0.2) is 9.48 Å². The van der Waals surface area contributed by atoms with Crippen LogP contribution >= 0.6 is 0 Å². The normalized spacial score (nSPS) is 10.8. The quantitative estimate of drug-likeness (QED) is 0.843. The van der Waals surface area contributed by atoms with Crippen LogP contribution in [0.3, 0.4) is 0 Å². The minimum Gasteiger partial charge on any atom is -0.476 e. The molecule has 0 unspecified atom stereocenters. The molecular formula is C11H15N5O2. The van der Waals surface area contributed by atoms with E-state index in [1.807, 2.05) is 26.2 Å². The Morgan fingerprint density at radius 2 is 2.28 bits per heavy atom. The molecule has 2 rings (SSSR count). The molecule has 2 heterocycles. The van der Waals surface area contributed by atoms with E-state index in [0.717, 1.165) is 12.1 Å². The highest BCUT2D eigenvalue weighted by Gasteiger charge is 2.18. The van der Waals surface area contributed by atoms with E-state index in [1.165, 1.54) is 0 Å². The SMILES string of the molecule is CCCc1c(C(=O)O)nnn1Cc1ccn(C)n1. The second-order valence-corrected chi connectivity index (χ2v) is 4.08. The van der Waals surface area contributed by atoms with E-state index < -0.39 is 5.97 Å². The van der Waals surface area contributed by atoms with Crippen molar-refractivity contribution in [1.82, 2.24) is 24.8 Å². The second-order valence-electron chi connectivity index (χ2n) is 4.08. The van der Waals surface area contributed by atoms with Crippen molar-refractivity contribution < 1.29 is 9.90 Å². The summed E-state index contributed by atoms with van der Waals surface area (Å²) >= 11 is 0. The van der Waals surface area contributed by atoms with Gasteiger partial charge in [0.25, 0.3) is 0 Å². The van der Waals surface area contributed by atoms with Crippen LogP contribution in [0.25, 0.3) is 0 Å². The van der Waals surface area contributed by atoms with Gasteiger partial charge >= 0.3 is 5.97 Å². The van der Waals surface area contributed by atoms with Gasteiger partial charge in [-0.15, -0.1) is 5.10 Å². The Kier molecular flexibility index (Phi) is 3.40. The van der Waals surface area contributed by atoms with E-state index in [0.29, 0.717) is 18.7 Å². The smallest absolute Gasteiger partial charge is 0.358 e. The van der Waals surface area contributed by atoms with Gasteiger partial charge < -0.3 is 5.11 Å². The molecule has 1 N–H and O–H groups in total. The van der Waals surface area contributed by atoms with Crippen LogP contribution in [-0.2, 0) is 20.0 Å². The van der Waals surface area contributed by atoms with Crippen LogP contribution in [-0.4, -0.2) is 35.9 Å². The molecule has 0 aromatic carbocycles. The summed E-state index contributed by atoms with van der Waals surface area (Å²) in [5.74, 6) is -1.04. The Hall–Kier alpha value is -2.18. The molecule has 7 nitrogen and oxygen atoms in total. The van der Waals surface area contributed by atoms with Gasteiger partial charge in [-0.1, -0.05) is 18.6 Å². The molecule has 0 bridgehead atoms. The molecule has 0 aliphatic heterocycles. The third-order valence-corrected chi connectivity index (χ3v) is 2.61. The van der Waals surface area contributed by atoms with Crippen LogP contribution in [0.5, 0.6) is 0 Å². The topological polar surface area (TPSA) is 85.8 Å². The number of aryl methyl sites for hydroxylation is 1. The van der Waals surface area contributed by atoms with Crippen molar-refractivity contribution in [3.05, 3.63) is 29.3 Å². The first-order chi connectivity index (χ1) is 8.61. The fourth-order valence-electron chi connectivity index (χ4n) is 1.81. The van der Waals surface area contributed by atoms with Gasteiger partial charge in [-0.2, -0.15) is 5.10 Å². The number of carboxylic acids is 1. The van der Waals surface area contributed by atoms with Crippen LogP contribution < -0.4 is 0 Å². The summed E-state index contributed by atoms with van der Waals surface area (Å²) in [7, 11) is 1.83. The Morgan fingerprint density at radius 1 is 1.50 bits per heavy atom. The summed E-state index contributed by atoms with van der Waals surface area (Å²) in [6.45, 7) is 2.43. The van der Waals surface area contributed by atoms with E-state index in [4.69, 9.17) is 5.11 Å². The van der Waals surface area contributed by atoms with Crippen LogP contribution in [0.2, 0.25) is 0 Å². The highest BCUT2D eigenvalue weighted by Crippen LogP contribution is 2.10.